The number of nitrogens with one attached hydrogen (secondary N) is 1. The first-order valence-electron chi connectivity index (χ1n) is 16.6. The quantitative estimate of drug-likeness (QED) is 0.125. The minimum Gasteiger partial charge on any atom is -0.496 e. The topological polar surface area (TPSA) is 92.9 Å². The van der Waals surface area contributed by atoms with Gasteiger partial charge in [0.1, 0.15) is 22.9 Å². The Labute approximate surface area is 301 Å². The van der Waals surface area contributed by atoms with Gasteiger partial charge in [-0.25, -0.2) is 4.98 Å². The molecular weight excluding hydrogens is 675 g/mol. The first-order valence-corrected chi connectivity index (χ1v) is 17.4. The number of halogens is 2. The van der Waals surface area contributed by atoms with E-state index in [0.29, 0.717) is 73.1 Å². The van der Waals surface area contributed by atoms with Crippen molar-refractivity contribution in [3.05, 3.63) is 76.2 Å². The third kappa shape index (κ3) is 5.89. The van der Waals surface area contributed by atoms with Gasteiger partial charge in [0.05, 0.1) is 54.1 Å². The molecule has 0 radical (unpaired) electrons. The lowest BCUT2D eigenvalue weighted by Crippen LogP contribution is -2.54. The smallest absolute Gasteiger partial charge is 0.247 e. The highest BCUT2D eigenvalue weighted by molar-refractivity contribution is 6.41. The van der Waals surface area contributed by atoms with Gasteiger partial charge >= 0.3 is 0 Å². The molecule has 3 aliphatic rings. The fourth-order valence-corrected chi connectivity index (χ4v) is 8.36. The molecule has 50 heavy (non-hydrogen) atoms. The number of ether oxygens (including phenoxy) is 3. The molecule has 2 aromatic heterocycles. The Balaban J connectivity index is 1.33. The van der Waals surface area contributed by atoms with Crippen LogP contribution in [-0.2, 0) is 4.79 Å². The highest BCUT2D eigenvalue weighted by Gasteiger charge is 2.46. The summed E-state index contributed by atoms with van der Waals surface area (Å²) in [5, 5.41) is 3.76. The standard InChI is InChI=1S/C38H40Cl2N6O4/c1-7-34(47)43-28-15-25(31(48-4)17-30(28)44-19-23-10-11-24(20-44)46(23)22-8-9-22)27(41-3)16-29-21(2)14-26(38-42-12-13-45(29)38)35-36(39)32(49-5)18-33(50-6)37(35)40/h7,12-18,22-24H,1,3,8-11,19-20H2,2,4-6H3,(H,43,47)/b27-16-. The molecular formula is C38H40Cl2N6O4. The van der Waals surface area contributed by atoms with Crippen molar-refractivity contribution in [1.29, 1.82) is 0 Å². The van der Waals surface area contributed by atoms with E-state index in [-0.39, 0.29) is 5.91 Å². The average Bonchev–Trinajstić information content (AvgIpc) is 3.78. The molecule has 4 aromatic rings. The molecule has 260 valence electrons. The first-order chi connectivity index (χ1) is 24.2. The largest absolute Gasteiger partial charge is 0.496 e. The third-order valence-corrected chi connectivity index (χ3v) is 10.8. The van der Waals surface area contributed by atoms with E-state index in [0.717, 1.165) is 36.1 Å². The lowest BCUT2D eigenvalue weighted by molar-refractivity contribution is -0.111. The second-order valence-corrected chi connectivity index (χ2v) is 13.7. The SMILES string of the molecule is C=CC(=O)Nc1cc(/C(=C/c2c(C)cc(-c3c(Cl)c(OC)cc(OC)c3Cl)c3nccn23)N=C)c(OC)cc1N1CC2CCC(C1)N2C1CC1. The number of hydrogen-bond donors (Lipinski definition) is 1. The summed E-state index contributed by atoms with van der Waals surface area (Å²) in [6.45, 7) is 11.4. The van der Waals surface area contributed by atoms with E-state index in [4.69, 9.17) is 37.4 Å². The molecule has 4 heterocycles. The summed E-state index contributed by atoms with van der Waals surface area (Å²) in [6.07, 6.45) is 11.8. The summed E-state index contributed by atoms with van der Waals surface area (Å²) >= 11 is 13.7. The van der Waals surface area contributed by atoms with Crippen molar-refractivity contribution in [1.82, 2.24) is 14.3 Å². The zero-order chi connectivity index (χ0) is 35.3. The number of carbonyl (C=O) groups is 1. The number of aliphatic imine (C=N–C) groups is 1. The third-order valence-electron chi connectivity index (χ3n) is 10.1. The van der Waals surface area contributed by atoms with Crippen LogP contribution >= 0.6 is 23.2 Å². The van der Waals surface area contributed by atoms with E-state index < -0.39 is 0 Å². The first kappa shape index (κ1) is 34.0. The van der Waals surface area contributed by atoms with Crippen LogP contribution in [0.4, 0.5) is 11.4 Å². The molecule has 12 heteroatoms. The summed E-state index contributed by atoms with van der Waals surface area (Å²) in [6, 6.07) is 9.30. The predicted molar refractivity (Wildman–Crippen MR) is 202 cm³/mol. The number of pyridine rings is 1. The Bertz CT molecular complexity index is 2010. The van der Waals surface area contributed by atoms with E-state index >= 15 is 0 Å². The molecule has 1 aliphatic carbocycles. The summed E-state index contributed by atoms with van der Waals surface area (Å²) < 4.78 is 19.0. The number of anilines is 2. The van der Waals surface area contributed by atoms with Gasteiger partial charge in [0, 0.05) is 72.4 Å². The number of carbonyl (C=O) groups excluding carboxylic acids is 1. The van der Waals surface area contributed by atoms with Gasteiger partial charge in [-0.3, -0.25) is 19.1 Å². The summed E-state index contributed by atoms with van der Waals surface area (Å²) in [5.74, 6) is 1.18. The normalized spacial score (nSPS) is 19.1. The number of rotatable bonds is 11. The van der Waals surface area contributed by atoms with Gasteiger partial charge in [-0.15, -0.1) is 0 Å². The van der Waals surface area contributed by atoms with Crippen LogP contribution in [0.1, 0.15) is 42.5 Å². The molecule has 2 aliphatic heterocycles. The number of fused-ring (bicyclic) bond motifs is 3. The van der Waals surface area contributed by atoms with Crippen molar-refractivity contribution >= 4 is 64.6 Å². The van der Waals surface area contributed by atoms with E-state index in [1.54, 1.807) is 33.6 Å². The number of aryl methyl sites for hydroxylation is 1. The number of aromatic nitrogens is 2. The number of amides is 1. The predicted octanol–water partition coefficient (Wildman–Crippen LogP) is 7.78. The average molecular weight is 716 g/mol. The summed E-state index contributed by atoms with van der Waals surface area (Å²) in [7, 11) is 4.73. The summed E-state index contributed by atoms with van der Waals surface area (Å²) in [5.41, 5.74) is 6.36. The Morgan fingerprint density at radius 2 is 1.60 bits per heavy atom. The molecule has 2 unspecified atom stereocenters. The van der Waals surface area contributed by atoms with Crippen LogP contribution in [0.3, 0.4) is 0 Å². The molecule has 7 rings (SSSR count). The van der Waals surface area contributed by atoms with Crippen LogP contribution in [0, 0.1) is 6.92 Å². The van der Waals surface area contributed by atoms with Crippen molar-refractivity contribution < 1.29 is 19.0 Å². The van der Waals surface area contributed by atoms with Gasteiger partial charge in [-0.05, 0) is 69.2 Å². The van der Waals surface area contributed by atoms with Crippen molar-refractivity contribution in [2.24, 2.45) is 4.99 Å². The van der Waals surface area contributed by atoms with E-state index in [9.17, 15) is 4.79 Å². The number of methoxy groups -OCH3 is 3. The van der Waals surface area contributed by atoms with Crippen LogP contribution in [0.5, 0.6) is 17.2 Å². The van der Waals surface area contributed by atoms with Gasteiger partial charge in [0.15, 0.2) is 0 Å². The van der Waals surface area contributed by atoms with Crippen LogP contribution < -0.4 is 24.4 Å². The molecule has 2 atom stereocenters. The molecule has 10 nitrogen and oxygen atoms in total. The Morgan fingerprint density at radius 3 is 2.18 bits per heavy atom. The molecule has 0 spiro atoms. The van der Waals surface area contributed by atoms with Gasteiger partial charge in [0.2, 0.25) is 5.91 Å². The van der Waals surface area contributed by atoms with E-state index in [2.05, 4.69) is 38.4 Å². The zero-order valence-electron chi connectivity index (χ0n) is 28.6. The lowest BCUT2D eigenvalue weighted by Gasteiger charge is -2.43. The van der Waals surface area contributed by atoms with Crippen molar-refractivity contribution in [2.45, 2.75) is 50.7 Å². The number of benzene rings is 2. The Kier molecular flexibility index (Phi) is 9.28. The maximum atomic E-state index is 12.8. The minimum atomic E-state index is -0.294. The lowest BCUT2D eigenvalue weighted by atomic mass is 10.0. The molecule has 3 fully saturated rings. The molecule has 1 N–H and O–H groups in total. The van der Waals surface area contributed by atoms with Crippen LogP contribution in [-0.4, -0.2) is 79.5 Å². The molecule has 2 saturated heterocycles. The van der Waals surface area contributed by atoms with Gasteiger partial charge < -0.3 is 24.4 Å². The highest BCUT2D eigenvalue weighted by atomic mass is 35.5. The van der Waals surface area contributed by atoms with Crippen molar-refractivity contribution in [3.8, 4) is 28.4 Å². The van der Waals surface area contributed by atoms with Crippen LogP contribution in [0.2, 0.25) is 10.0 Å². The second kappa shape index (κ2) is 13.7. The maximum Gasteiger partial charge on any atom is 0.247 e. The monoisotopic (exact) mass is 714 g/mol. The minimum absolute atomic E-state index is 0.294. The van der Waals surface area contributed by atoms with Gasteiger partial charge in [-0.2, -0.15) is 0 Å². The van der Waals surface area contributed by atoms with E-state index in [1.807, 2.05) is 41.8 Å². The number of nitrogens with zero attached hydrogens (tertiary/aromatic N) is 5. The number of imidazole rings is 1. The number of hydrogen-bond acceptors (Lipinski definition) is 8. The summed E-state index contributed by atoms with van der Waals surface area (Å²) in [4.78, 5) is 27.0. The van der Waals surface area contributed by atoms with Gasteiger partial charge in [0.25, 0.3) is 0 Å². The molecule has 1 saturated carbocycles. The van der Waals surface area contributed by atoms with E-state index in [1.165, 1.54) is 31.8 Å². The Hall–Kier alpha value is -4.51. The van der Waals surface area contributed by atoms with Gasteiger partial charge in [-0.1, -0.05) is 29.8 Å². The molecule has 2 bridgehead atoms. The zero-order valence-corrected chi connectivity index (χ0v) is 30.1. The fourth-order valence-electron chi connectivity index (χ4n) is 7.65. The van der Waals surface area contributed by atoms with Crippen molar-refractivity contribution in [2.75, 3.05) is 44.6 Å². The van der Waals surface area contributed by atoms with Crippen LogP contribution in [0.15, 0.2) is 54.3 Å². The second-order valence-electron chi connectivity index (χ2n) is 13.0. The molecule has 1 amide bonds. The Morgan fingerprint density at radius 1 is 0.960 bits per heavy atom. The van der Waals surface area contributed by atoms with Crippen LogP contribution in [0.25, 0.3) is 28.5 Å². The maximum absolute atomic E-state index is 12.8. The van der Waals surface area contributed by atoms with Crippen molar-refractivity contribution in [3.63, 3.8) is 0 Å². The number of piperazine rings is 1. The fraction of sp³-hybridized carbons (Fsp3) is 0.342. The highest BCUT2D eigenvalue weighted by Crippen LogP contribution is 2.48. The molecule has 2 aromatic carbocycles.